The maximum absolute atomic E-state index is 3.01. The van der Waals surface area contributed by atoms with Gasteiger partial charge in [0, 0.05) is 0 Å². The lowest BCUT2D eigenvalue weighted by molar-refractivity contribution is 0.869. The van der Waals surface area contributed by atoms with E-state index in [1.165, 1.54) is 6.42 Å². The predicted octanol–water partition coefficient (Wildman–Crippen LogP) is 3.54. The van der Waals surface area contributed by atoms with Gasteiger partial charge in [0.1, 0.15) is 0 Å². The summed E-state index contributed by atoms with van der Waals surface area (Å²) in [6.45, 7) is 0. The lowest BCUT2D eigenvalue weighted by atomic mass is 10.2. The predicted molar refractivity (Wildman–Crippen MR) is 52.9 cm³/mol. The summed E-state index contributed by atoms with van der Waals surface area (Å²) in [5, 5.41) is 0. The Labute approximate surface area is 74.3 Å². The van der Waals surface area contributed by atoms with Gasteiger partial charge in [-0.2, -0.15) is 0 Å². The molecule has 1 aliphatic rings. The minimum absolute atomic E-state index is 0.950. The van der Waals surface area contributed by atoms with Crippen LogP contribution in [0.5, 0.6) is 0 Å². The molecular weight excluding hydrogens is 144 g/mol. The van der Waals surface area contributed by atoms with Gasteiger partial charge in [-0.15, -0.1) is 0 Å². The van der Waals surface area contributed by atoms with Crippen LogP contribution >= 0.6 is 0 Å². The van der Waals surface area contributed by atoms with Crippen molar-refractivity contribution in [3.8, 4) is 0 Å². The van der Waals surface area contributed by atoms with Crippen LogP contribution < -0.4 is 0 Å². The van der Waals surface area contributed by atoms with Crippen LogP contribution in [0, 0.1) is 0 Å². The third-order valence-corrected chi connectivity index (χ3v) is 1.64. The van der Waals surface area contributed by atoms with E-state index in [1.807, 2.05) is 6.08 Å². The number of hydrogen-bond acceptors (Lipinski definition) is 0. The van der Waals surface area contributed by atoms with Gasteiger partial charge in [0.05, 0.1) is 0 Å². The van der Waals surface area contributed by atoms with Crippen LogP contribution in [0.1, 0.15) is 25.7 Å². The molecular formula is C12H14. The van der Waals surface area contributed by atoms with Crippen molar-refractivity contribution in [1.82, 2.24) is 0 Å². The minimum Gasteiger partial charge on any atom is -0.0845 e. The van der Waals surface area contributed by atoms with Gasteiger partial charge in [-0.3, -0.25) is 0 Å². The summed E-state index contributed by atoms with van der Waals surface area (Å²) in [5.74, 6) is 0. The first-order chi connectivity index (χ1) is 6.00. The lowest BCUT2D eigenvalue weighted by Crippen LogP contribution is -1.67. The molecule has 1 aliphatic carbocycles. The Bertz CT molecular complexity index is 254. The van der Waals surface area contributed by atoms with Crippen LogP contribution in [-0.2, 0) is 0 Å². The van der Waals surface area contributed by atoms with Gasteiger partial charge in [0.2, 0.25) is 0 Å². The molecule has 0 heterocycles. The first-order valence-corrected chi connectivity index (χ1v) is 4.46. The largest absolute Gasteiger partial charge is 0.0845 e. The first kappa shape index (κ1) is 8.87. The molecule has 12 heavy (non-hydrogen) atoms. The molecule has 0 atom stereocenters. The summed E-state index contributed by atoms with van der Waals surface area (Å²) in [7, 11) is 0. The fraction of sp³-hybridized carbons (Fsp3) is 0.333. The van der Waals surface area contributed by atoms with Gasteiger partial charge in [-0.25, -0.2) is 0 Å². The molecule has 0 heteroatoms. The second-order valence-electron chi connectivity index (χ2n) is 2.72. The van der Waals surface area contributed by atoms with E-state index in [1.54, 1.807) is 0 Å². The molecule has 62 valence electrons. The van der Waals surface area contributed by atoms with E-state index >= 15 is 0 Å². The van der Waals surface area contributed by atoms with E-state index < -0.39 is 0 Å². The highest BCUT2D eigenvalue weighted by atomic mass is 13.8. The second kappa shape index (κ2) is 6.49. The van der Waals surface area contributed by atoms with Crippen molar-refractivity contribution in [2.75, 3.05) is 0 Å². The van der Waals surface area contributed by atoms with Gasteiger partial charge >= 0.3 is 0 Å². The van der Waals surface area contributed by atoms with Crippen LogP contribution in [0.3, 0.4) is 0 Å². The molecule has 0 aliphatic heterocycles. The summed E-state index contributed by atoms with van der Waals surface area (Å²) in [6.07, 6.45) is 17.0. The van der Waals surface area contributed by atoms with E-state index in [9.17, 15) is 0 Å². The molecule has 0 amide bonds. The SMILES string of the molecule is C1=C=CCCC/C=C/C=C\CC=1. The van der Waals surface area contributed by atoms with Gasteiger partial charge < -0.3 is 0 Å². The molecule has 0 saturated heterocycles. The smallest absolute Gasteiger partial charge is 0.00834 e. The third kappa shape index (κ3) is 4.57. The van der Waals surface area contributed by atoms with Crippen molar-refractivity contribution in [1.29, 1.82) is 0 Å². The molecule has 0 bridgehead atoms. The van der Waals surface area contributed by atoms with Gasteiger partial charge in [-0.1, -0.05) is 35.8 Å². The zero-order valence-electron chi connectivity index (χ0n) is 7.29. The fourth-order valence-electron chi connectivity index (χ4n) is 0.987. The van der Waals surface area contributed by atoms with Crippen molar-refractivity contribution in [3.63, 3.8) is 0 Å². The highest BCUT2D eigenvalue weighted by Crippen LogP contribution is 1.98. The van der Waals surface area contributed by atoms with Gasteiger partial charge in [0.15, 0.2) is 0 Å². The Balaban J connectivity index is 2.56. The van der Waals surface area contributed by atoms with Crippen LogP contribution in [-0.4, -0.2) is 0 Å². The summed E-state index contributed by atoms with van der Waals surface area (Å²) in [6, 6.07) is 0. The molecule has 0 unspecified atom stereocenters. The summed E-state index contributed by atoms with van der Waals surface area (Å²) in [5.41, 5.74) is 6.01. The van der Waals surface area contributed by atoms with Gasteiger partial charge in [0.25, 0.3) is 0 Å². The van der Waals surface area contributed by atoms with Crippen molar-refractivity contribution >= 4 is 0 Å². The molecule has 0 nitrogen and oxygen atoms in total. The Morgan fingerprint density at radius 1 is 0.833 bits per heavy atom. The van der Waals surface area contributed by atoms with Gasteiger partial charge in [-0.05, 0) is 37.8 Å². The molecule has 0 aromatic heterocycles. The molecule has 0 N–H and O–H groups in total. The van der Waals surface area contributed by atoms with Crippen LogP contribution in [0.25, 0.3) is 0 Å². The molecule has 0 saturated carbocycles. The van der Waals surface area contributed by atoms with Crippen LogP contribution in [0.2, 0.25) is 0 Å². The molecule has 1 rings (SSSR count). The Hall–Kier alpha value is -1.22. The van der Waals surface area contributed by atoms with Crippen molar-refractivity contribution in [2.24, 2.45) is 0 Å². The normalized spacial score (nSPS) is 22.7. The first-order valence-electron chi connectivity index (χ1n) is 4.46. The van der Waals surface area contributed by atoms with E-state index in [4.69, 9.17) is 0 Å². The van der Waals surface area contributed by atoms with E-state index in [2.05, 4.69) is 41.8 Å². The molecule has 0 aromatic rings. The topological polar surface area (TPSA) is 0 Å². The quantitative estimate of drug-likeness (QED) is 0.473. The van der Waals surface area contributed by atoms with E-state index in [-0.39, 0.29) is 0 Å². The second-order valence-corrected chi connectivity index (χ2v) is 2.72. The summed E-state index contributed by atoms with van der Waals surface area (Å²) >= 11 is 0. The van der Waals surface area contributed by atoms with E-state index in [0.29, 0.717) is 0 Å². The fourth-order valence-corrected chi connectivity index (χ4v) is 0.987. The van der Waals surface area contributed by atoms with Crippen molar-refractivity contribution < 1.29 is 0 Å². The monoisotopic (exact) mass is 158 g/mol. The minimum atomic E-state index is 0.950. The highest BCUT2D eigenvalue weighted by Gasteiger charge is 1.78. The Kier molecular flexibility index (Phi) is 4.80. The standard InChI is InChI=1S/C12H14/c1-2-4-6-8-10-12-11-9-7-5-3-1/h1-4,7,12H,5-6,8,10H2/b3-1-,4-2+,12-7?. The summed E-state index contributed by atoms with van der Waals surface area (Å²) in [4.78, 5) is 0. The molecule has 0 spiro atoms. The average Bonchev–Trinajstić information content (AvgIpc) is 2.05. The van der Waals surface area contributed by atoms with Crippen LogP contribution in [0.4, 0.5) is 0 Å². The number of rotatable bonds is 0. The number of hydrogen-bond donors (Lipinski definition) is 0. The zero-order chi connectivity index (χ0) is 8.49. The van der Waals surface area contributed by atoms with Crippen LogP contribution in [0.15, 0.2) is 47.9 Å². The Morgan fingerprint density at radius 2 is 1.67 bits per heavy atom. The summed E-state index contributed by atoms with van der Waals surface area (Å²) < 4.78 is 0. The Morgan fingerprint density at radius 3 is 2.67 bits per heavy atom. The molecule has 0 fully saturated rings. The average molecular weight is 158 g/mol. The molecule has 0 radical (unpaired) electrons. The maximum atomic E-state index is 3.01. The van der Waals surface area contributed by atoms with E-state index in [0.717, 1.165) is 19.3 Å². The van der Waals surface area contributed by atoms with Crippen molar-refractivity contribution in [3.05, 3.63) is 47.9 Å². The van der Waals surface area contributed by atoms with Crippen molar-refractivity contribution in [2.45, 2.75) is 25.7 Å². The maximum Gasteiger partial charge on any atom is -0.00834 e. The zero-order valence-corrected chi connectivity index (χ0v) is 7.29. The highest BCUT2D eigenvalue weighted by molar-refractivity contribution is 5.05. The molecule has 0 aromatic carbocycles. The lowest BCUT2D eigenvalue weighted by Gasteiger charge is -1.87. The third-order valence-electron chi connectivity index (χ3n) is 1.64. The number of allylic oxidation sites excluding steroid dienone is 6.